The highest BCUT2D eigenvalue weighted by atomic mass is 16.4. The summed E-state index contributed by atoms with van der Waals surface area (Å²) < 4.78 is 0. The van der Waals surface area contributed by atoms with E-state index in [9.17, 15) is 63.0 Å². The van der Waals surface area contributed by atoms with Crippen LogP contribution in [0.25, 0.3) is 0 Å². The summed E-state index contributed by atoms with van der Waals surface area (Å²) in [6, 6.07) is -2.79. The second-order valence-electron chi connectivity index (χ2n) is 17.4. The number of carbonyl (C=O) groups is 11. The Morgan fingerprint density at radius 3 is 1.60 bits per heavy atom. The molecule has 2 fully saturated rings. The zero-order valence-electron chi connectivity index (χ0n) is 38.3. The van der Waals surface area contributed by atoms with Gasteiger partial charge in [0.25, 0.3) is 0 Å². The highest BCUT2D eigenvalue weighted by molar-refractivity contribution is 6.00. The van der Waals surface area contributed by atoms with Gasteiger partial charge in [-0.3, -0.25) is 47.9 Å². The van der Waals surface area contributed by atoms with Gasteiger partial charge in [0.15, 0.2) is 0 Å². The number of rotatable bonds is 24. The number of hydrogen-bond donors (Lipinski definition) is 11. The summed E-state index contributed by atoms with van der Waals surface area (Å²) in [6.07, 6.45) is -2.04. The van der Waals surface area contributed by atoms with Gasteiger partial charge < -0.3 is 69.1 Å². The lowest BCUT2D eigenvalue weighted by molar-refractivity contribution is -0.147. The van der Waals surface area contributed by atoms with Crippen molar-refractivity contribution in [3.8, 4) is 0 Å². The molecule has 370 valence electrons. The van der Waals surface area contributed by atoms with Crippen LogP contribution >= 0.6 is 0 Å². The van der Waals surface area contributed by atoms with E-state index >= 15 is 0 Å². The second kappa shape index (κ2) is 25.3. The van der Waals surface area contributed by atoms with Crippen LogP contribution in [0.3, 0.4) is 0 Å². The molecule has 0 aliphatic carbocycles. The maximum Gasteiger partial charge on any atom is 0.326 e. The number of carbonyl (C=O) groups excluding carboxylic acids is 10. The van der Waals surface area contributed by atoms with Crippen LogP contribution < -0.4 is 49.1 Å². The molecule has 3 rings (SSSR count). The van der Waals surface area contributed by atoms with Gasteiger partial charge in [-0.05, 0) is 50.0 Å². The summed E-state index contributed by atoms with van der Waals surface area (Å²) in [4.78, 5) is 147. The van der Waals surface area contributed by atoms with Gasteiger partial charge in [0.05, 0.1) is 25.5 Å². The van der Waals surface area contributed by atoms with E-state index in [1.54, 1.807) is 58.0 Å². The smallest absolute Gasteiger partial charge is 0.326 e. The minimum atomic E-state index is -1.70. The summed E-state index contributed by atoms with van der Waals surface area (Å²) in [7, 11) is 0. The molecular formula is C43H65N11O13. The van der Waals surface area contributed by atoms with Crippen molar-refractivity contribution in [1.82, 2.24) is 41.7 Å². The third-order valence-corrected chi connectivity index (χ3v) is 11.4. The van der Waals surface area contributed by atoms with Gasteiger partial charge >= 0.3 is 5.97 Å². The SMILES string of the molecule is CC(C)[C@H](NC(=O)[C@@H]1CCCN1C(=O)[C@H](CC(N)=O)NC(=O)[C@@H]1CCCN1C(=O)[C@@H](NC(=O)[C@H](CC(N)=O)NC(=O)[C@H](Cc1ccccc1)NC(=O)[C@@H](NC(=O)CN)[C@@H](C)O)C(C)C)C(=O)O. The molecule has 67 heavy (non-hydrogen) atoms. The van der Waals surface area contributed by atoms with Gasteiger partial charge in [0.1, 0.15) is 48.3 Å². The number of nitrogens with zero attached hydrogens (tertiary/aromatic N) is 2. The summed E-state index contributed by atoms with van der Waals surface area (Å²) in [5.74, 6) is -11.2. The van der Waals surface area contributed by atoms with E-state index in [1.807, 2.05) is 0 Å². The van der Waals surface area contributed by atoms with Crippen LogP contribution in [-0.4, -0.2) is 159 Å². The predicted octanol–water partition coefficient (Wildman–Crippen LogP) is -4.39. The number of nitrogens with one attached hydrogen (secondary N) is 6. The molecule has 0 bridgehead atoms. The van der Waals surface area contributed by atoms with E-state index in [0.717, 1.165) is 4.90 Å². The molecule has 0 aromatic heterocycles. The van der Waals surface area contributed by atoms with Crippen molar-refractivity contribution < 1.29 is 63.0 Å². The number of amides is 10. The molecule has 0 unspecified atom stereocenters. The first-order valence-electron chi connectivity index (χ1n) is 22.1. The molecule has 24 nitrogen and oxygen atoms in total. The molecule has 2 saturated heterocycles. The molecule has 0 saturated carbocycles. The van der Waals surface area contributed by atoms with Crippen LogP contribution in [-0.2, 0) is 59.2 Å². The molecule has 10 amide bonds. The van der Waals surface area contributed by atoms with Crippen molar-refractivity contribution in [2.45, 2.75) is 134 Å². The largest absolute Gasteiger partial charge is 0.480 e. The van der Waals surface area contributed by atoms with Crippen molar-refractivity contribution in [3.63, 3.8) is 0 Å². The molecule has 24 heteroatoms. The van der Waals surface area contributed by atoms with E-state index in [4.69, 9.17) is 17.2 Å². The number of benzene rings is 1. The Labute approximate surface area is 387 Å². The van der Waals surface area contributed by atoms with Crippen molar-refractivity contribution >= 4 is 65.0 Å². The number of primary amides is 2. The maximum atomic E-state index is 14.3. The fourth-order valence-electron chi connectivity index (χ4n) is 7.83. The zero-order chi connectivity index (χ0) is 50.3. The Hall–Kier alpha value is -6.69. The molecule has 2 aliphatic heterocycles. The third-order valence-electron chi connectivity index (χ3n) is 11.4. The average molecular weight is 944 g/mol. The molecule has 2 aliphatic rings. The number of carboxylic acid groups (broad SMARTS) is 1. The lowest BCUT2D eigenvalue weighted by Crippen LogP contribution is -2.62. The van der Waals surface area contributed by atoms with Gasteiger partial charge in [-0.2, -0.15) is 0 Å². The standard InChI is InChI=1S/C43H65N11O13/c1-21(2)33(51-37(60)26(18-30(45)56)47-36(59)25(17-24-11-7-6-8-12-24)48-40(63)35(23(5)55)50-32(58)20-44)42(65)54-16-10-13-28(54)38(61)49-27(19-31(46)57)41(64)53-15-9-14-29(53)39(62)52-34(22(3)4)43(66)67/h6-8,11-12,21-23,25-29,33-35,55H,9-10,13-20,44H2,1-5H3,(H2,45,56)(H2,46,57)(H,47,59)(H,48,63)(H,49,61)(H,50,58)(H,51,60)(H,52,62)(H,66,67)/t23-,25+,26+,27+,28+,29+,33+,34+,35+/m1/s1. The minimum absolute atomic E-state index is 0.0287. The van der Waals surface area contributed by atoms with Crippen LogP contribution in [0.5, 0.6) is 0 Å². The van der Waals surface area contributed by atoms with Gasteiger partial charge in [-0.25, -0.2) is 4.79 Å². The fourth-order valence-corrected chi connectivity index (χ4v) is 7.83. The molecular weight excluding hydrogens is 879 g/mol. The van der Waals surface area contributed by atoms with E-state index < -0.39 is 151 Å². The quantitative estimate of drug-likeness (QED) is 0.0467. The minimum Gasteiger partial charge on any atom is -0.480 e. The van der Waals surface area contributed by atoms with E-state index in [0.29, 0.717) is 18.4 Å². The number of aliphatic hydroxyl groups is 1. The average Bonchev–Trinajstić information content (AvgIpc) is 3.96. The van der Waals surface area contributed by atoms with Gasteiger partial charge in [0.2, 0.25) is 59.1 Å². The summed E-state index contributed by atoms with van der Waals surface area (Å²) in [5.41, 5.74) is 16.9. The summed E-state index contributed by atoms with van der Waals surface area (Å²) >= 11 is 0. The van der Waals surface area contributed by atoms with Gasteiger partial charge in [-0.1, -0.05) is 58.0 Å². The molecule has 14 N–H and O–H groups in total. The van der Waals surface area contributed by atoms with E-state index in [2.05, 4.69) is 31.9 Å². The lowest BCUT2D eigenvalue weighted by Gasteiger charge is -2.33. The molecule has 2 heterocycles. The summed E-state index contributed by atoms with van der Waals surface area (Å²) in [5, 5.41) is 34.5. The van der Waals surface area contributed by atoms with E-state index in [1.165, 1.54) is 11.8 Å². The van der Waals surface area contributed by atoms with Crippen LogP contribution in [0, 0.1) is 11.8 Å². The van der Waals surface area contributed by atoms with Crippen LogP contribution in [0.15, 0.2) is 30.3 Å². The number of hydrogen-bond acceptors (Lipinski definition) is 13. The molecule has 1 aromatic carbocycles. The van der Waals surface area contributed by atoms with Gasteiger partial charge in [0, 0.05) is 19.5 Å². The number of likely N-dealkylation sites (tertiary alicyclic amines) is 2. The Morgan fingerprint density at radius 1 is 0.612 bits per heavy atom. The highest BCUT2D eigenvalue weighted by Crippen LogP contribution is 2.23. The monoisotopic (exact) mass is 943 g/mol. The molecule has 9 atom stereocenters. The van der Waals surface area contributed by atoms with E-state index in [-0.39, 0.29) is 32.4 Å². The van der Waals surface area contributed by atoms with Crippen LogP contribution in [0.4, 0.5) is 0 Å². The number of nitrogens with two attached hydrogens (primary N) is 3. The molecule has 0 radical (unpaired) electrons. The van der Waals surface area contributed by atoms with Crippen molar-refractivity contribution in [2.75, 3.05) is 19.6 Å². The topological polar surface area (TPSA) is 385 Å². The predicted molar refractivity (Wildman–Crippen MR) is 237 cm³/mol. The summed E-state index contributed by atoms with van der Waals surface area (Å²) in [6.45, 7) is 7.20. The van der Waals surface area contributed by atoms with Crippen molar-refractivity contribution in [2.24, 2.45) is 29.0 Å². The van der Waals surface area contributed by atoms with Crippen molar-refractivity contribution in [3.05, 3.63) is 35.9 Å². The number of carboxylic acids is 1. The highest BCUT2D eigenvalue weighted by Gasteiger charge is 2.44. The van der Waals surface area contributed by atoms with Gasteiger partial charge in [-0.15, -0.1) is 0 Å². The third kappa shape index (κ3) is 15.7. The van der Waals surface area contributed by atoms with Crippen LogP contribution in [0.2, 0.25) is 0 Å². The molecule has 0 spiro atoms. The Balaban J connectivity index is 1.83. The number of aliphatic hydroxyl groups excluding tert-OH is 1. The lowest BCUT2D eigenvalue weighted by atomic mass is 10.0. The fraction of sp³-hybridized carbons (Fsp3) is 0.605. The first kappa shape index (κ1) is 54.6. The maximum absolute atomic E-state index is 14.3. The normalized spacial score (nSPS) is 18.9. The Morgan fingerprint density at radius 2 is 1.10 bits per heavy atom. The first-order chi connectivity index (χ1) is 31.5. The van der Waals surface area contributed by atoms with Crippen LogP contribution in [0.1, 0.15) is 78.7 Å². The second-order valence-corrected chi connectivity index (χ2v) is 17.4. The Kier molecular flexibility index (Phi) is 20.6. The zero-order valence-corrected chi connectivity index (χ0v) is 38.3. The van der Waals surface area contributed by atoms with Crippen molar-refractivity contribution in [1.29, 1.82) is 0 Å². The molecule has 1 aromatic rings. The Bertz CT molecular complexity index is 2000. The first-order valence-corrected chi connectivity index (χ1v) is 22.1. The number of aliphatic carboxylic acids is 1.